The summed E-state index contributed by atoms with van der Waals surface area (Å²) in [7, 11) is 1.68. The van der Waals surface area contributed by atoms with E-state index in [9.17, 15) is 4.79 Å². The van der Waals surface area contributed by atoms with Gasteiger partial charge in [-0.25, -0.2) is 0 Å². The number of rotatable bonds is 1. The van der Waals surface area contributed by atoms with Crippen molar-refractivity contribution >= 4 is 5.91 Å². The highest BCUT2D eigenvalue weighted by Crippen LogP contribution is 2.28. The fourth-order valence-corrected chi connectivity index (χ4v) is 1.95. The minimum absolute atomic E-state index is 0.0580. The number of piperidine rings is 1. The minimum atomic E-state index is 0.0580. The Morgan fingerprint density at radius 3 is 3.23 bits per heavy atom. The molecule has 70 valence electrons. The molecule has 0 aromatic carbocycles. The summed E-state index contributed by atoms with van der Waals surface area (Å²) in [4.78, 5) is 11.4. The Bertz CT molecular complexity index is 281. The van der Waals surface area contributed by atoms with Crippen molar-refractivity contribution in [1.29, 1.82) is 0 Å². The molecule has 0 spiro atoms. The molecule has 0 aromatic rings. The third kappa shape index (κ3) is 1.40. The molecule has 1 heterocycles. The van der Waals surface area contributed by atoms with Gasteiger partial charge in [-0.1, -0.05) is 18.2 Å². The van der Waals surface area contributed by atoms with Crippen LogP contribution >= 0.6 is 0 Å². The Morgan fingerprint density at radius 2 is 2.46 bits per heavy atom. The molecule has 1 N–H and O–H groups in total. The van der Waals surface area contributed by atoms with E-state index in [1.54, 1.807) is 7.11 Å². The van der Waals surface area contributed by atoms with Gasteiger partial charge in [0.1, 0.15) is 0 Å². The van der Waals surface area contributed by atoms with Crippen molar-refractivity contribution in [1.82, 2.24) is 5.32 Å². The number of amides is 1. The predicted molar refractivity (Wildman–Crippen MR) is 49.1 cm³/mol. The molecule has 13 heavy (non-hydrogen) atoms. The van der Waals surface area contributed by atoms with E-state index in [2.05, 4.69) is 5.32 Å². The Morgan fingerprint density at radius 1 is 1.62 bits per heavy atom. The maximum atomic E-state index is 11.4. The van der Waals surface area contributed by atoms with Gasteiger partial charge in [-0.05, 0) is 6.42 Å². The zero-order valence-electron chi connectivity index (χ0n) is 7.62. The van der Waals surface area contributed by atoms with Gasteiger partial charge >= 0.3 is 0 Å². The molecule has 1 saturated heterocycles. The molecule has 1 amide bonds. The summed E-state index contributed by atoms with van der Waals surface area (Å²) in [5, 5.41) is 2.83. The first-order valence-electron chi connectivity index (χ1n) is 4.52. The molecule has 2 aliphatic rings. The van der Waals surface area contributed by atoms with Crippen molar-refractivity contribution in [3.8, 4) is 0 Å². The van der Waals surface area contributed by atoms with Gasteiger partial charge < -0.3 is 10.1 Å². The van der Waals surface area contributed by atoms with E-state index >= 15 is 0 Å². The largest absolute Gasteiger partial charge is 0.377 e. The highest BCUT2D eigenvalue weighted by atomic mass is 16.5. The summed E-state index contributed by atoms with van der Waals surface area (Å²) in [5.41, 5.74) is 0.862. The number of nitrogens with one attached hydrogen (secondary N) is 1. The lowest BCUT2D eigenvalue weighted by Gasteiger charge is -2.31. The van der Waals surface area contributed by atoms with Gasteiger partial charge in [-0.15, -0.1) is 0 Å². The second kappa shape index (κ2) is 3.34. The number of fused-ring (bicyclic) bond motifs is 1. The Kier molecular flexibility index (Phi) is 2.19. The molecule has 1 aliphatic carbocycles. The highest BCUT2D eigenvalue weighted by Gasteiger charge is 2.31. The lowest BCUT2D eigenvalue weighted by molar-refractivity contribution is -0.119. The van der Waals surface area contributed by atoms with Crippen LogP contribution in [-0.4, -0.2) is 25.7 Å². The van der Waals surface area contributed by atoms with E-state index in [4.69, 9.17) is 4.74 Å². The van der Waals surface area contributed by atoms with E-state index < -0.39 is 0 Å². The molecule has 0 bridgehead atoms. The molecule has 1 fully saturated rings. The van der Waals surface area contributed by atoms with Gasteiger partial charge in [-0.2, -0.15) is 0 Å². The second-order valence-corrected chi connectivity index (χ2v) is 3.36. The third-order valence-electron chi connectivity index (χ3n) is 2.65. The Hall–Kier alpha value is -1.09. The average molecular weight is 179 g/mol. The smallest absolute Gasteiger partial charge is 0.247 e. The van der Waals surface area contributed by atoms with Gasteiger partial charge in [-0.3, -0.25) is 4.79 Å². The maximum Gasteiger partial charge on any atom is 0.247 e. The van der Waals surface area contributed by atoms with Crippen molar-refractivity contribution in [2.45, 2.75) is 12.5 Å². The number of carbonyl (C=O) groups is 1. The van der Waals surface area contributed by atoms with Crippen LogP contribution in [0.3, 0.4) is 0 Å². The van der Waals surface area contributed by atoms with Crippen LogP contribution in [0, 0.1) is 5.92 Å². The SMILES string of the molecule is COC1C=CC=C2C(=O)NCCC21. The lowest BCUT2D eigenvalue weighted by Crippen LogP contribution is -2.41. The van der Waals surface area contributed by atoms with Gasteiger partial charge in [0, 0.05) is 25.1 Å². The van der Waals surface area contributed by atoms with Gasteiger partial charge in [0.2, 0.25) is 5.91 Å². The van der Waals surface area contributed by atoms with Crippen LogP contribution in [-0.2, 0) is 9.53 Å². The maximum absolute atomic E-state index is 11.4. The molecule has 0 saturated carbocycles. The first-order chi connectivity index (χ1) is 6.33. The molecule has 2 rings (SSSR count). The topological polar surface area (TPSA) is 38.3 Å². The van der Waals surface area contributed by atoms with Crippen LogP contribution in [0.5, 0.6) is 0 Å². The second-order valence-electron chi connectivity index (χ2n) is 3.36. The number of ether oxygens (including phenoxy) is 1. The minimum Gasteiger partial charge on any atom is -0.377 e. The average Bonchev–Trinajstić information content (AvgIpc) is 2.18. The molecule has 3 heteroatoms. The number of methoxy groups -OCH3 is 1. The van der Waals surface area contributed by atoms with Crippen LogP contribution in [0.25, 0.3) is 0 Å². The van der Waals surface area contributed by atoms with Gasteiger partial charge in [0.15, 0.2) is 0 Å². The van der Waals surface area contributed by atoms with Crippen molar-refractivity contribution in [3.05, 3.63) is 23.8 Å². The van der Waals surface area contributed by atoms with Crippen molar-refractivity contribution in [3.63, 3.8) is 0 Å². The Labute approximate surface area is 77.5 Å². The van der Waals surface area contributed by atoms with Crippen LogP contribution in [0.4, 0.5) is 0 Å². The Balaban J connectivity index is 2.25. The number of allylic oxidation sites excluding steroid dienone is 2. The predicted octanol–water partition coefficient (Wildman–Crippen LogP) is 0.634. The van der Waals surface area contributed by atoms with E-state index in [1.165, 1.54) is 0 Å². The zero-order valence-corrected chi connectivity index (χ0v) is 7.62. The third-order valence-corrected chi connectivity index (χ3v) is 2.65. The monoisotopic (exact) mass is 179 g/mol. The van der Waals surface area contributed by atoms with E-state index in [1.807, 2.05) is 18.2 Å². The quantitative estimate of drug-likeness (QED) is 0.641. The summed E-state index contributed by atoms with van der Waals surface area (Å²) in [6.45, 7) is 0.758. The summed E-state index contributed by atoms with van der Waals surface area (Å²) in [6.07, 6.45) is 6.83. The molecule has 3 nitrogen and oxygen atoms in total. The van der Waals surface area contributed by atoms with Gasteiger partial charge in [0.25, 0.3) is 0 Å². The summed E-state index contributed by atoms with van der Waals surface area (Å²) >= 11 is 0. The molecule has 0 radical (unpaired) electrons. The normalized spacial score (nSPS) is 32.1. The number of hydrogen-bond donors (Lipinski definition) is 1. The van der Waals surface area contributed by atoms with Crippen LogP contribution in [0.2, 0.25) is 0 Å². The van der Waals surface area contributed by atoms with Crippen LogP contribution in [0.15, 0.2) is 23.8 Å². The first kappa shape index (κ1) is 8.51. The summed E-state index contributed by atoms with van der Waals surface area (Å²) in [5.74, 6) is 0.311. The van der Waals surface area contributed by atoms with E-state index in [0.29, 0.717) is 0 Å². The van der Waals surface area contributed by atoms with E-state index in [0.717, 1.165) is 18.5 Å². The fraction of sp³-hybridized carbons (Fsp3) is 0.500. The molecule has 1 aliphatic heterocycles. The van der Waals surface area contributed by atoms with Crippen molar-refractivity contribution in [2.75, 3.05) is 13.7 Å². The molecular formula is C10H13NO2. The van der Waals surface area contributed by atoms with Crippen molar-refractivity contribution < 1.29 is 9.53 Å². The number of carbonyl (C=O) groups excluding carboxylic acids is 1. The molecular weight excluding hydrogens is 166 g/mol. The zero-order chi connectivity index (χ0) is 9.26. The fourth-order valence-electron chi connectivity index (χ4n) is 1.95. The van der Waals surface area contributed by atoms with E-state index in [-0.39, 0.29) is 17.9 Å². The first-order valence-corrected chi connectivity index (χ1v) is 4.52. The van der Waals surface area contributed by atoms with Crippen molar-refractivity contribution in [2.24, 2.45) is 5.92 Å². The summed E-state index contributed by atoms with van der Waals surface area (Å²) < 4.78 is 5.30. The molecule has 2 unspecified atom stereocenters. The number of hydrogen-bond acceptors (Lipinski definition) is 2. The molecule has 2 atom stereocenters. The van der Waals surface area contributed by atoms with Gasteiger partial charge in [0.05, 0.1) is 6.10 Å². The highest BCUT2D eigenvalue weighted by molar-refractivity contribution is 5.95. The standard InChI is InChI=1S/C10H13NO2/c1-13-9-4-2-3-8-7(9)5-6-11-10(8)12/h2-4,7,9H,5-6H2,1H3,(H,11,12). The lowest BCUT2D eigenvalue weighted by atomic mass is 9.83. The molecule has 0 aromatic heterocycles. The summed E-state index contributed by atoms with van der Waals surface area (Å²) in [6, 6.07) is 0. The van der Waals surface area contributed by atoms with Crippen LogP contribution in [0.1, 0.15) is 6.42 Å². The van der Waals surface area contributed by atoms with Crippen LogP contribution < -0.4 is 5.32 Å².